The third-order valence-electron chi connectivity index (χ3n) is 3.39. The molecule has 0 radical (unpaired) electrons. The minimum atomic E-state index is -3.13. The van der Waals surface area contributed by atoms with E-state index >= 15 is 0 Å². The first-order valence-electron chi connectivity index (χ1n) is 6.04. The zero-order valence-electron chi connectivity index (χ0n) is 11.1. The maximum Gasteiger partial charge on any atom is 0.154 e. The lowest BCUT2D eigenvalue weighted by atomic mass is 9.92. The second-order valence-corrected chi connectivity index (χ2v) is 7.63. The van der Waals surface area contributed by atoms with Crippen molar-refractivity contribution in [2.24, 2.45) is 0 Å². The summed E-state index contributed by atoms with van der Waals surface area (Å²) in [4.78, 5) is 0. The van der Waals surface area contributed by atoms with Gasteiger partial charge in [-0.25, -0.2) is 8.42 Å². The van der Waals surface area contributed by atoms with Gasteiger partial charge in [-0.3, -0.25) is 0 Å². The Labute approximate surface area is 104 Å². The number of nitrogens with one attached hydrogen (secondary N) is 1. The lowest BCUT2D eigenvalue weighted by Gasteiger charge is -2.36. The SMILES string of the molecule is CCNC(C1=COCCC1)C(C)(C)S(C)(=O)=O. The predicted molar refractivity (Wildman–Crippen MR) is 69.7 cm³/mol. The van der Waals surface area contributed by atoms with Gasteiger partial charge in [0.05, 0.1) is 23.7 Å². The molecule has 4 nitrogen and oxygen atoms in total. The van der Waals surface area contributed by atoms with Crippen LogP contribution in [0.2, 0.25) is 0 Å². The number of hydrogen-bond donors (Lipinski definition) is 1. The van der Waals surface area contributed by atoms with E-state index in [1.165, 1.54) is 6.26 Å². The van der Waals surface area contributed by atoms with E-state index in [4.69, 9.17) is 4.74 Å². The van der Waals surface area contributed by atoms with E-state index in [2.05, 4.69) is 5.32 Å². The van der Waals surface area contributed by atoms with E-state index in [1.54, 1.807) is 20.1 Å². The quantitative estimate of drug-likeness (QED) is 0.814. The van der Waals surface area contributed by atoms with Crippen LogP contribution < -0.4 is 5.32 Å². The Kier molecular flexibility index (Phi) is 4.61. The molecule has 0 spiro atoms. The first-order valence-corrected chi connectivity index (χ1v) is 7.93. The molecule has 17 heavy (non-hydrogen) atoms. The van der Waals surface area contributed by atoms with Gasteiger partial charge in [-0.1, -0.05) is 6.92 Å². The summed E-state index contributed by atoms with van der Waals surface area (Å²) in [6.07, 6.45) is 4.87. The van der Waals surface area contributed by atoms with Crippen LogP contribution in [0.1, 0.15) is 33.6 Å². The minimum absolute atomic E-state index is 0.178. The van der Waals surface area contributed by atoms with Crippen molar-refractivity contribution in [3.05, 3.63) is 11.8 Å². The highest BCUT2D eigenvalue weighted by molar-refractivity contribution is 7.92. The molecule has 5 heteroatoms. The highest BCUT2D eigenvalue weighted by Crippen LogP contribution is 2.29. The van der Waals surface area contributed by atoms with Crippen LogP contribution in [0, 0.1) is 0 Å². The molecule has 0 aromatic rings. The number of ether oxygens (including phenoxy) is 1. The van der Waals surface area contributed by atoms with Gasteiger partial charge in [0.2, 0.25) is 0 Å². The molecule has 0 aliphatic carbocycles. The molecule has 0 saturated heterocycles. The Hall–Kier alpha value is -0.550. The van der Waals surface area contributed by atoms with Crippen molar-refractivity contribution < 1.29 is 13.2 Å². The normalized spacial score (nSPS) is 19.4. The van der Waals surface area contributed by atoms with Gasteiger partial charge in [-0.2, -0.15) is 0 Å². The van der Waals surface area contributed by atoms with Crippen molar-refractivity contribution in [1.29, 1.82) is 0 Å². The number of hydrogen-bond acceptors (Lipinski definition) is 4. The summed E-state index contributed by atoms with van der Waals surface area (Å²) in [5.74, 6) is 0. The van der Waals surface area contributed by atoms with Gasteiger partial charge in [0, 0.05) is 6.26 Å². The second-order valence-electron chi connectivity index (χ2n) is 5.03. The van der Waals surface area contributed by atoms with Gasteiger partial charge < -0.3 is 10.1 Å². The maximum absolute atomic E-state index is 11.9. The highest BCUT2D eigenvalue weighted by Gasteiger charge is 2.40. The smallest absolute Gasteiger partial charge is 0.154 e. The molecule has 1 aliphatic heterocycles. The lowest BCUT2D eigenvalue weighted by Crippen LogP contribution is -2.52. The Morgan fingerprint density at radius 3 is 2.59 bits per heavy atom. The predicted octanol–water partition coefficient (Wildman–Crippen LogP) is 1.48. The van der Waals surface area contributed by atoms with Gasteiger partial charge in [-0.15, -0.1) is 0 Å². The van der Waals surface area contributed by atoms with E-state index in [9.17, 15) is 8.42 Å². The molecule has 1 rings (SSSR count). The molecule has 0 amide bonds. The van der Waals surface area contributed by atoms with Crippen LogP contribution in [-0.4, -0.2) is 38.6 Å². The van der Waals surface area contributed by atoms with E-state index in [0.29, 0.717) is 0 Å². The van der Waals surface area contributed by atoms with Crippen LogP contribution in [-0.2, 0) is 14.6 Å². The molecular weight excluding hydrogens is 238 g/mol. The molecule has 1 atom stereocenters. The fourth-order valence-corrected chi connectivity index (χ4v) is 2.70. The van der Waals surface area contributed by atoms with Crippen molar-refractivity contribution in [2.75, 3.05) is 19.4 Å². The van der Waals surface area contributed by atoms with E-state index in [1.807, 2.05) is 6.92 Å². The van der Waals surface area contributed by atoms with Crippen LogP contribution in [0.3, 0.4) is 0 Å². The molecule has 0 saturated carbocycles. The van der Waals surface area contributed by atoms with Crippen molar-refractivity contribution in [3.8, 4) is 0 Å². The van der Waals surface area contributed by atoms with Gasteiger partial charge in [0.15, 0.2) is 9.84 Å². The molecule has 0 aromatic heterocycles. The molecule has 0 bridgehead atoms. The van der Waals surface area contributed by atoms with Crippen molar-refractivity contribution in [3.63, 3.8) is 0 Å². The number of rotatable bonds is 5. The first-order chi connectivity index (χ1) is 7.80. The summed E-state index contributed by atoms with van der Waals surface area (Å²) in [5.41, 5.74) is 1.05. The molecule has 0 aromatic carbocycles. The van der Waals surface area contributed by atoms with Crippen molar-refractivity contribution in [1.82, 2.24) is 5.32 Å². The summed E-state index contributed by atoms with van der Waals surface area (Å²) in [7, 11) is -3.13. The topological polar surface area (TPSA) is 55.4 Å². The Bertz CT molecular complexity index is 385. The van der Waals surface area contributed by atoms with Crippen LogP contribution in [0.15, 0.2) is 11.8 Å². The summed E-state index contributed by atoms with van der Waals surface area (Å²) in [5, 5.41) is 3.27. The molecule has 1 heterocycles. The molecule has 1 N–H and O–H groups in total. The summed E-state index contributed by atoms with van der Waals surface area (Å²) >= 11 is 0. The molecule has 1 unspecified atom stereocenters. The molecule has 0 fully saturated rings. The monoisotopic (exact) mass is 261 g/mol. The van der Waals surface area contributed by atoms with Gasteiger partial charge in [-0.05, 0) is 38.8 Å². The molecular formula is C12H23NO3S. The number of sulfone groups is 1. The van der Waals surface area contributed by atoms with Gasteiger partial charge >= 0.3 is 0 Å². The third kappa shape index (κ3) is 3.22. The van der Waals surface area contributed by atoms with Crippen molar-refractivity contribution in [2.45, 2.75) is 44.4 Å². The minimum Gasteiger partial charge on any atom is -0.501 e. The van der Waals surface area contributed by atoms with E-state index in [0.717, 1.165) is 31.6 Å². The summed E-state index contributed by atoms with van der Waals surface area (Å²) < 4.78 is 28.3. The molecule has 100 valence electrons. The van der Waals surface area contributed by atoms with Crippen LogP contribution in [0.5, 0.6) is 0 Å². The Morgan fingerprint density at radius 1 is 1.53 bits per heavy atom. The zero-order valence-corrected chi connectivity index (χ0v) is 11.9. The maximum atomic E-state index is 11.9. The third-order valence-corrected chi connectivity index (χ3v) is 5.54. The first kappa shape index (κ1) is 14.5. The van der Waals surface area contributed by atoms with Gasteiger partial charge in [0.25, 0.3) is 0 Å². The van der Waals surface area contributed by atoms with Crippen molar-refractivity contribution >= 4 is 9.84 Å². The van der Waals surface area contributed by atoms with Crippen LogP contribution >= 0.6 is 0 Å². The summed E-state index contributed by atoms with van der Waals surface area (Å²) in [6, 6.07) is -0.178. The van der Waals surface area contributed by atoms with Crippen LogP contribution in [0.4, 0.5) is 0 Å². The van der Waals surface area contributed by atoms with E-state index in [-0.39, 0.29) is 6.04 Å². The van der Waals surface area contributed by atoms with E-state index < -0.39 is 14.6 Å². The number of likely N-dealkylation sites (N-methyl/N-ethyl adjacent to an activating group) is 1. The highest BCUT2D eigenvalue weighted by atomic mass is 32.2. The lowest BCUT2D eigenvalue weighted by molar-refractivity contribution is 0.217. The second kappa shape index (κ2) is 5.40. The van der Waals surface area contributed by atoms with Crippen LogP contribution in [0.25, 0.3) is 0 Å². The average molecular weight is 261 g/mol. The average Bonchev–Trinajstić information content (AvgIpc) is 2.25. The summed E-state index contributed by atoms with van der Waals surface area (Å²) in [6.45, 7) is 6.98. The standard InChI is InChI=1S/C12H23NO3S/c1-5-13-11(10-7-6-8-16-9-10)12(2,3)17(4,14)15/h9,11,13H,5-8H2,1-4H3. The Balaban J connectivity index is 3.04. The van der Waals surface area contributed by atoms with Gasteiger partial charge in [0.1, 0.15) is 0 Å². The fraction of sp³-hybridized carbons (Fsp3) is 0.833. The zero-order chi connectivity index (χ0) is 13.1. The molecule has 1 aliphatic rings. The fourth-order valence-electron chi connectivity index (χ4n) is 2.04. The largest absolute Gasteiger partial charge is 0.501 e. The Morgan fingerprint density at radius 2 is 2.18 bits per heavy atom.